The van der Waals surface area contributed by atoms with Gasteiger partial charge in [0.25, 0.3) is 0 Å². The Morgan fingerprint density at radius 2 is 2.07 bits per heavy atom. The van der Waals surface area contributed by atoms with Gasteiger partial charge in [-0.25, -0.2) is 9.18 Å². The van der Waals surface area contributed by atoms with Crippen LogP contribution in [-0.4, -0.2) is 11.6 Å². The van der Waals surface area contributed by atoms with E-state index in [0.29, 0.717) is 36.0 Å². The molecule has 0 saturated carbocycles. The number of ether oxygens (including phenoxy) is 1. The number of aryl methyl sites for hydroxylation is 2. The zero-order chi connectivity index (χ0) is 19.4. The Labute approximate surface area is 166 Å². The van der Waals surface area contributed by atoms with E-state index in [4.69, 9.17) is 20.8 Å². The Bertz CT molecular complexity index is 1150. The van der Waals surface area contributed by atoms with E-state index in [9.17, 15) is 9.18 Å². The molecule has 4 nitrogen and oxygen atoms in total. The van der Waals surface area contributed by atoms with Gasteiger partial charge in [0.15, 0.2) is 0 Å². The van der Waals surface area contributed by atoms with Crippen LogP contribution in [0.15, 0.2) is 33.5 Å². The fraction of sp³-hybridized carbons (Fsp3) is 0.318. The van der Waals surface area contributed by atoms with E-state index < -0.39 is 0 Å². The van der Waals surface area contributed by atoms with Crippen molar-refractivity contribution < 1.29 is 13.5 Å². The summed E-state index contributed by atoms with van der Waals surface area (Å²) in [4.78, 5) is 14.3. The second-order valence-corrected chi connectivity index (χ2v) is 7.93. The van der Waals surface area contributed by atoms with Gasteiger partial charge in [0, 0.05) is 45.8 Å². The number of fused-ring (bicyclic) bond motifs is 4. The first-order valence-electron chi connectivity index (χ1n) is 9.42. The number of hydrogen-bond donors (Lipinski definition) is 0. The van der Waals surface area contributed by atoms with E-state index in [1.807, 2.05) is 11.8 Å². The highest BCUT2D eigenvalue weighted by Gasteiger charge is 2.26. The lowest BCUT2D eigenvalue weighted by molar-refractivity contribution is 0.0871. The standard InChI is InChI=1S/C22H19ClFNO3/c1-12-20-13(8-16-14-4-2-5-15(14)22(26)28-21(12)16)9-25(11-27-20)10-17-18(23)6-3-7-19(17)24/h3,6-8H,2,4-5,9-11H2,1H3. The van der Waals surface area contributed by atoms with Gasteiger partial charge in [-0.2, -0.15) is 0 Å². The number of rotatable bonds is 2. The van der Waals surface area contributed by atoms with Crippen molar-refractivity contribution in [1.29, 1.82) is 0 Å². The van der Waals surface area contributed by atoms with Crippen molar-refractivity contribution in [2.75, 3.05) is 6.73 Å². The zero-order valence-corrected chi connectivity index (χ0v) is 16.2. The minimum Gasteiger partial charge on any atom is -0.477 e. The first kappa shape index (κ1) is 17.7. The van der Waals surface area contributed by atoms with E-state index in [1.165, 1.54) is 6.07 Å². The maximum absolute atomic E-state index is 14.2. The summed E-state index contributed by atoms with van der Waals surface area (Å²) in [5.74, 6) is 0.442. The molecule has 0 N–H and O–H groups in total. The highest BCUT2D eigenvalue weighted by Crippen LogP contribution is 2.38. The number of benzene rings is 2. The summed E-state index contributed by atoms with van der Waals surface area (Å²) in [5.41, 5.74) is 4.64. The highest BCUT2D eigenvalue weighted by molar-refractivity contribution is 6.31. The van der Waals surface area contributed by atoms with Crippen molar-refractivity contribution in [3.05, 3.63) is 73.3 Å². The molecule has 0 spiro atoms. The molecule has 0 saturated heterocycles. The molecule has 0 fully saturated rings. The van der Waals surface area contributed by atoms with Crippen LogP contribution in [0.2, 0.25) is 5.02 Å². The zero-order valence-electron chi connectivity index (χ0n) is 15.5. The maximum Gasteiger partial charge on any atom is 0.339 e. The van der Waals surface area contributed by atoms with Crippen LogP contribution in [0.3, 0.4) is 0 Å². The molecule has 0 atom stereocenters. The monoisotopic (exact) mass is 399 g/mol. The third-order valence-electron chi connectivity index (χ3n) is 5.75. The fourth-order valence-electron chi connectivity index (χ4n) is 4.40. The van der Waals surface area contributed by atoms with Gasteiger partial charge >= 0.3 is 5.63 Å². The van der Waals surface area contributed by atoms with Crippen LogP contribution in [0.5, 0.6) is 5.75 Å². The average Bonchev–Trinajstić information content (AvgIpc) is 3.17. The van der Waals surface area contributed by atoms with E-state index in [1.54, 1.807) is 12.1 Å². The molecule has 5 rings (SSSR count). The molecule has 3 aromatic rings. The normalized spacial score (nSPS) is 16.1. The minimum absolute atomic E-state index is 0.227. The molecule has 1 aromatic heterocycles. The summed E-state index contributed by atoms with van der Waals surface area (Å²) >= 11 is 6.18. The van der Waals surface area contributed by atoms with Crippen molar-refractivity contribution in [3.8, 4) is 5.75 Å². The van der Waals surface area contributed by atoms with Gasteiger partial charge in [-0.05, 0) is 49.9 Å². The Morgan fingerprint density at radius 3 is 2.89 bits per heavy atom. The van der Waals surface area contributed by atoms with Crippen molar-refractivity contribution >= 4 is 22.6 Å². The smallest absolute Gasteiger partial charge is 0.339 e. The second-order valence-electron chi connectivity index (χ2n) is 7.53. The van der Waals surface area contributed by atoms with Gasteiger partial charge in [-0.15, -0.1) is 0 Å². The topological polar surface area (TPSA) is 42.7 Å². The van der Waals surface area contributed by atoms with E-state index in [-0.39, 0.29) is 11.4 Å². The van der Waals surface area contributed by atoms with E-state index in [2.05, 4.69) is 6.07 Å². The summed E-state index contributed by atoms with van der Waals surface area (Å²) in [6, 6.07) is 6.79. The molecule has 2 aromatic carbocycles. The van der Waals surface area contributed by atoms with Crippen molar-refractivity contribution in [1.82, 2.24) is 4.90 Å². The molecule has 0 unspecified atom stereocenters. The lowest BCUT2D eigenvalue weighted by Gasteiger charge is -2.30. The van der Waals surface area contributed by atoms with Gasteiger partial charge in [-0.3, -0.25) is 4.90 Å². The molecule has 1 aliphatic carbocycles. The van der Waals surface area contributed by atoms with Crippen LogP contribution >= 0.6 is 11.6 Å². The first-order valence-corrected chi connectivity index (χ1v) is 9.80. The molecule has 6 heteroatoms. The quantitative estimate of drug-likeness (QED) is 0.584. The summed E-state index contributed by atoms with van der Waals surface area (Å²) in [6.45, 7) is 3.22. The molecule has 144 valence electrons. The highest BCUT2D eigenvalue weighted by atomic mass is 35.5. The van der Waals surface area contributed by atoms with Crippen LogP contribution in [0.25, 0.3) is 11.0 Å². The predicted molar refractivity (Wildman–Crippen MR) is 105 cm³/mol. The Balaban J connectivity index is 1.56. The third-order valence-corrected chi connectivity index (χ3v) is 6.10. The summed E-state index contributed by atoms with van der Waals surface area (Å²) in [6.07, 6.45) is 2.65. The summed E-state index contributed by atoms with van der Waals surface area (Å²) in [7, 11) is 0. The molecule has 1 aliphatic heterocycles. The van der Waals surface area contributed by atoms with Crippen LogP contribution in [0.4, 0.5) is 4.39 Å². The van der Waals surface area contributed by atoms with Gasteiger partial charge in [0.2, 0.25) is 0 Å². The second kappa shape index (κ2) is 6.61. The fourth-order valence-corrected chi connectivity index (χ4v) is 4.62. The molecular weight excluding hydrogens is 381 g/mol. The molecule has 28 heavy (non-hydrogen) atoms. The van der Waals surface area contributed by atoms with Gasteiger partial charge < -0.3 is 9.15 Å². The number of halogens is 2. The number of nitrogens with zero attached hydrogens (tertiary/aromatic N) is 1. The molecule has 2 heterocycles. The summed E-state index contributed by atoms with van der Waals surface area (Å²) < 4.78 is 25.8. The van der Waals surface area contributed by atoms with Crippen molar-refractivity contribution in [2.24, 2.45) is 0 Å². The van der Waals surface area contributed by atoms with Crippen molar-refractivity contribution in [3.63, 3.8) is 0 Å². The van der Waals surface area contributed by atoms with Crippen LogP contribution in [-0.2, 0) is 25.9 Å². The lowest BCUT2D eigenvalue weighted by Crippen LogP contribution is -2.32. The molecule has 0 radical (unpaired) electrons. The molecule has 0 bridgehead atoms. The Morgan fingerprint density at radius 1 is 1.25 bits per heavy atom. The molecular formula is C22H19ClFNO3. The van der Waals surface area contributed by atoms with Gasteiger partial charge in [0.1, 0.15) is 23.9 Å². The largest absolute Gasteiger partial charge is 0.477 e. The van der Waals surface area contributed by atoms with Crippen molar-refractivity contribution in [2.45, 2.75) is 39.3 Å². The lowest BCUT2D eigenvalue weighted by atomic mass is 9.99. The molecule has 0 amide bonds. The third kappa shape index (κ3) is 2.73. The van der Waals surface area contributed by atoms with E-state index >= 15 is 0 Å². The van der Waals surface area contributed by atoms with Crippen LogP contribution in [0.1, 0.15) is 34.2 Å². The summed E-state index contributed by atoms with van der Waals surface area (Å²) in [5, 5.41) is 1.41. The minimum atomic E-state index is -0.312. The van der Waals surface area contributed by atoms with Gasteiger partial charge in [-0.1, -0.05) is 17.7 Å². The van der Waals surface area contributed by atoms with Crippen LogP contribution < -0.4 is 10.4 Å². The predicted octanol–water partition coefficient (Wildman–Crippen LogP) is 4.73. The SMILES string of the molecule is Cc1c2c(cc3c4c(c(=O)oc13)CCC4)CN(Cc1c(F)cccc1Cl)CO2. The molecule has 2 aliphatic rings. The van der Waals surface area contributed by atoms with E-state index in [0.717, 1.165) is 52.7 Å². The number of hydrogen-bond acceptors (Lipinski definition) is 4. The Hall–Kier alpha value is -2.37. The first-order chi connectivity index (χ1) is 13.5. The Kier molecular flexibility index (Phi) is 4.18. The maximum atomic E-state index is 14.2. The average molecular weight is 400 g/mol. The van der Waals surface area contributed by atoms with Crippen LogP contribution in [0, 0.1) is 12.7 Å². The van der Waals surface area contributed by atoms with Gasteiger partial charge in [0.05, 0.1) is 0 Å².